The Morgan fingerprint density at radius 2 is 1.62 bits per heavy atom. The van der Waals surface area contributed by atoms with Crippen LogP contribution in [-0.4, -0.2) is 96.4 Å². The topological polar surface area (TPSA) is 159 Å². The Kier molecular flexibility index (Phi) is 15.7. The number of hydrogen-bond donors (Lipinski definition) is 2. The van der Waals surface area contributed by atoms with Gasteiger partial charge in [0, 0.05) is 95.1 Å². The number of aldehydes is 1. The number of fused-ring (bicyclic) bond motifs is 2. The number of aliphatic hydroxyl groups is 1. The maximum absolute atomic E-state index is 11.7. The van der Waals surface area contributed by atoms with Crippen molar-refractivity contribution in [2.45, 2.75) is 72.4 Å². The van der Waals surface area contributed by atoms with Crippen LogP contribution in [0.1, 0.15) is 69.1 Å². The first-order valence-electron chi connectivity index (χ1n) is 21.7. The minimum absolute atomic E-state index is 0.156. The van der Waals surface area contributed by atoms with Gasteiger partial charge in [-0.2, -0.15) is 10.4 Å². The standard InChI is InChI=1S/C39H40N6O4.C8H14O.C2H3N.CH4O/c1-24-28(8-6-9-29(24)38-42-33-14-26(17-40-3)12-13-35(33)49-38)30-10-7-11-34-31(30)18-41-45(34)27-15-36(47-4)32(37(16-27)48-5)19-43-20-39(21-43)22-44(23-39)25(2)46;9-7-6-8-4-2-1-3-5-8;1-2-3;1-2/h6-16,18,40H,17,19-23H2,1-5H3;7-8H,1-6H2;1H3;2H,1H3. The molecule has 0 unspecified atom stereocenters. The third kappa shape index (κ3) is 10.3. The van der Waals surface area contributed by atoms with Gasteiger partial charge in [-0.05, 0) is 66.4 Å². The molecule has 63 heavy (non-hydrogen) atoms. The molecule has 1 aliphatic carbocycles. The van der Waals surface area contributed by atoms with Gasteiger partial charge < -0.3 is 34.0 Å². The molecule has 6 aromatic rings. The number of likely N-dealkylation sites (tertiary alicyclic amines) is 2. The molecule has 0 bridgehead atoms. The van der Waals surface area contributed by atoms with Gasteiger partial charge in [0.1, 0.15) is 23.3 Å². The number of methoxy groups -OCH3 is 2. The molecule has 3 aliphatic rings. The molecule has 332 valence electrons. The Morgan fingerprint density at radius 3 is 2.25 bits per heavy atom. The highest BCUT2D eigenvalue weighted by Crippen LogP contribution is 2.43. The predicted octanol–water partition coefficient (Wildman–Crippen LogP) is 8.50. The predicted molar refractivity (Wildman–Crippen MR) is 247 cm³/mol. The van der Waals surface area contributed by atoms with E-state index in [1.807, 2.05) is 41.0 Å². The van der Waals surface area contributed by atoms with Crippen LogP contribution in [0.3, 0.4) is 0 Å². The van der Waals surface area contributed by atoms with Crippen LogP contribution in [0.25, 0.3) is 50.3 Å². The first-order chi connectivity index (χ1) is 30.6. The lowest BCUT2D eigenvalue weighted by molar-refractivity contribution is -0.157. The van der Waals surface area contributed by atoms with Crippen molar-refractivity contribution in [1.29, 1.82) is 5.26 Å². The summed E-state index contributed by atoms with van der Waals surface area (Å²) in [6.45, 7) is 10.3. The molecule has 4 aromatic carbocycles. The van der Waals surface area contributed by atoms with Crippen LogP contribution in [0.15, 0.2) is 77.3 Å². The Bertz CT molecular complexity index is 2510. The molecule has 1 spiro atoms. The lowest BCUT2D eigenvalue weighted by Gasteiger charge is -2.60. The zero-order valence-corrected chi connectivity index (χ0v) is 37.7. The molecule has 0 radical (unpaired) electrons. The molecule has 2 N–H and O–H groups in total. The minimum Gasteiger partial charge on any atom is -0.496 e. The molecule has 13 heteroatoms. The number of carbonyl (C=O) groups excluding carboxylic acids is 2. The Labute approximate surface area is 370 Å². The number of nitriles is 1. The molecule has 2 aromatic heterocycles. The fourth-order valence-electron chi connectivity index (χ4n) is 9.28. The molecule has 0 atom stereocenters. The SMILES string of the molecule is CC#N.CNCc1ccc2oc(-c3cccc(-c4cccc5c4cnn5-c4cc(OC)c(CN5CC6(C5)CN(C(C)=O)C6)c(OC)c4)c3C)nc2c1.CO.O=CCC1CCCCC1. The van der Waals surface area contributed by atoms with Crippen molar-refractivity contribution < 1.29 is 28.6 Å². The van der Waals surface area contributed by atoms with Crippen LogP contribution in [0.4, 0.5) is 0 Å². The second kappa shape index (κ2) is 21.3. The number of hydrogen-bond acceptors (Lipinski definition) is 11. The summed E-state index contributed by atoms with van der Waals surface area (Å²) in [5.41, 5.74) is 10.1. The minimum atomic E-state index is 0.156. The highest BCUT2D eigenvalue weighted by atomic mass is 16.5. The number of nitrogens with zero attached hydrogens (tertiary/aromatic N) is 6. The van der Waals surface area contributed by atoms with Gasteiger partial charge in [-0.15, -0.1) is 0 Å². The number of amides is 1. The molecular formula is C50H61N7O6. The summed E-state index contributed by atoms with van der Waals surface area (Å²) in [5, 5.41) is 23.4. The van der Waals surface area contributed by atoms with E-state index in [0.717, 1.165) is 131 Å². The fraction of sp³-hybridized carbons (Fsp3) is 0.420. The summed E-state index contributed by atoms with van der Waals surface area (Å²) in [7, 11) is 6.33. The van der Waals surface area contributed by atoms with Crippen molar-refractivity contribution in [3.05, 3.63) is 89.6 Å². The van der Waals surface area contributed by atoms with E-state index in [-0.39, 0.29) is 11.3 Å². The van der Waals surface area contributed by atoms with Crippen molar-refractivity contribution in [3.63, 3.8) is 0 Å². The number of benzene rings is 4. The number of nitrogens with one attached hydrogen (secondary N) is 1. The third-order valence-electron chi connectivity index (χ3n) is 12.3. The number of ether oxygens (including phenoxy) is 2. The number of aliphatic hydroxyl groups excluding tert-OH is 1. The van der Waals surface area contributed by atoms with E-state index >= 15 is 0 Å². The second-order valence-electron chi connectivity index (χ2n) is 16.6. The zero-order valence-electron chi connectivity index (χ0n) is 37.7. The van der Waals surface area contributed by atoms with Crippen molar-refractivity contribution in [1.82, 2.24) is 29.9 Å². The van der Waals surface area contributed by atoms with E-state index in [9.17, 15) is 9.59 Å². The molecule has 4 heterocycles. The molecule has 1 amide bonds. The Balaban J connectivity index is 0.000000410. The van der Waals surface area contributed by atoms with Crippen LogP contribution >= 0.6 is 0 Å². The van der Waals surface area contributed by atoms with Crippen molar-refractivity contribution in [2.75, 3.05) is 54.6 Å². The Morgan fingerprint density at radius 1 is 0.968 bits per heavy atom. The first kappa shape index (κ1) is 46.4. The maximum Gasteiger partial charge on any atom is 0.227 e. The van der Waals surface area contributed by atoms with E-state index in [1.165, 1.54) is 39.0 Å². The van der Waals surface area contributed by atoms with E-state index in [0.29, 0.717) is 12.4 Å². The largest absolute Gasteiger partial charge is 0.496 e. The molecular weight excluding hydrogens is 795 g/mol. The smallest absolute Gasteiger partial charge is 0.227 e. The summed E-state index contributed by atoms with van der Waals surface area (Å²) in [4.78, 5) is 30.9. The fourth-order valence-corrected chi connectivity index (χ4v) is 9.28. The number of oxazole rings is 1. The first-order valence-corrected chi connectivity index (χ1v) is 21.7. The van der Waals surface area contributed by atoms with Crippen molar-refractivity contribution in [3.8, 4) is 45.8 Å². The van der Waals surface area contributed by atoms with Crippen molar-refractivity contribution in [2.24, 2.45) is 11.3 Å². The van der Waals surface area contributed by atoms with Gasteiger partial charge in [0.05, 0.1) is 43.3 Å². The van der Waals surface area contributed by atoms with Gasteiger partial charge in [0.25, 0.3) is 0 Å². The van der Waals surface area contributed by atoms with Crippen LogP contribution in [0, 0.1) is 29.6 Å². The molecule has 3 fully saturated rings. The second-order valence-corrected chi connectivity index (χ2v) is 16.6. The van der Waals surface area contributed by atoms with E-state index in [2.05, 4.69) is 65.7 Å². The monoisotopic (exact) mass is 855 g/mol. The summed E-state index contributed by atoms with van der Waals surface area (Å²) in [6.07, 6.45) is 10.5. The lowest BCUT2D eigenvalue weighted by Crippen LogP contribution is -2.72. The maximum atomic E-state index is 11.7. The van der Waals surface area contributed by atoms with E-state index < -0.39 is 0 Å². The zero-order chi connectivity index (χ0) is 45.1. The van der Waals surface area contributed by atoms with Gasteiger partial charge in [-0.3, -0.25) is 9.69 Å². The molecule has 13 nitrogen and oxygen atoms in total. The van der Waals surface area contributed by atoms with Gasteiger partial charge in [-0.25, -0.2) is 9.67 Å². The number of aromatic nitrogens is 3. The highest BCUT2D eigenvalue weighted by Gasteiger charge is 2.52. The van der Waals surface area contributed by atoms with E-state index in [4.69, 9.17) is 34.3 Å². The van der Waals surface area contributed by atoms with Gasteiger partial charge >= 0.3 is 0 Å². The molecule has 9 rings (SSSR count). The lowest BCUT2D eigenvalue weighted by atomic mass is 9.72. The quantitative estimate of drug-likeness (QED) is 0.120. The third-order valence-corrected chi connectivity index (χ3v) is 12.3. The molecule has 2 saturated heterocycles. The van der Waals surface area contributed by atoms with Crippen LogP contribution in [-0.2, 0) is 22.7 Å². The van der Waals surface area contributed by atoms with Crippen molar-refractivity contribution >= 4 is 34.2 Å². The summed E-state index contributed by atoms with van der Waals surface area (Å²) in [5.74, 6) is 3.01. The van der Waals surface area contributed by atoms with Gasteiger partial charge in [0.15, 0.2) is 5.58 Å². The normalized spacial score (nSPS) is 15.4. The summed E-state index contributed by atoms with van der Waals surface area (Å²) < 4.78 is 20.1. The number of carbonyl (C=O) groups is 2. The van der Waals surface area contributed by atoms with Crippen LogP contribution in [0.2, 0.25) is 0 Å². The van der Waals surface area contributed by atoms with E-state index in [1.54, 1.807) is 27.2 Å². The van der Waals surface area contributed by atoms with Gasteiger partial charge in [0.2, 0.25) is 11.8 Å². The average Bonchev–Trinajstić information content (AvgIpc) is 3.90. The van der Waals surface area contributed by atoms with Gasteiger partial charge in [-0.1, -0.05) is 62.4 Å². The summed E-state index contributed by atoms with van der Waals surface area (Å²) >= 11 is 0. The average molecular weight is 856 g/mol. The highest BCUT2D eigenvalue weighted by molar-refractivity contribution is 5.97. The number of rotatable bonds is 11. The Hall–Kier alpha value is -6.07. The van der Waals surface area contributed by atoms with Crippen LogP contribution < -0.4 is 14.8 Å². The summed E-state index contributed by atoms with van der Waals surface area (Å²) in [6, 6.07) is 24.5. The molecule has 2 aliphatic heterocycles. The molecule has 1 saturated carbocycles. The van der Waals surface area contributed by atoms with Crippen LogP contribution in [0.5, 0.6) is 11.5 Å².